The predicted molar refractivity (Wildman–Crippen MR) is 30.4 cm³/mol. The van der Waals surface area contributed by atoms with E-state index in [2.05, 4.69) is 0 Å². The molecule has 0 aliphatic carbocycles. The van der Waals surface area contributed by atoms with E-state index >= 15 is 0 Å². The molecule has 0 aromatic carbocycles. The summed E-state index contributed by atoms with van der Waals surface area (Å²) in [6, 6.07) is 0. The average Bonchev–Trinajstić information content (AvgIpc) is 1.64. The summed E-state index contributed by atoms with van der Waals surface area (Å²) in [7, 11) is 0. The Bertz CT molecular complexity index is 103. The van der Waals surface area contributed by atoms with E-state index in [-0.39, 0.29) is 11.9 Å². The average molecular weight is 135 g/mol. The summed E-state index contributed by atoms with van der Waals surface area (Å²) in [6.07, 6.45) is 2.98. The van der Waals surface area contributed by atoms with Gasteiger partial charge in [0.2, 0.25) is 0 Å². The van der Waals surface area contributed by atoms with Crippen LogP contribution in [0.15, 0.2) is 12.3 Å². The Morgan fingerprint density at radius 3 is 2.75 bits per heavy atom. The van der Waals surface area contributed by atoms with Crippen molar-refractivity contribution in [2.24, 2.45) is 0 Å². The Balaban J connectivity index is 2.42. The standard InChI is InChI=1S/C5H7ClO2/c1-4-7-3-2-5(6)8-4/h2-5H,1H3. The normalized spacial score (nSPS) is 36.8. The molecular weight excluding hydrogens is 128 g/mol. The Morgan fingerprint density at radius 1 is 1.62 bits per heavy atom. The van der Waals surface area contributed by atoms with E-state index < -0.39 is 0 Å². The SMILES string of the molecule is CC1OC=CC(Cl)O1. The van der Waals surface area contributed by atoms with E-state index in [9.17, 15) is 0 Å². The predicted octanol–water partition coefficient (Wildman–Crippen LogP) is 1.46. The first-order valence-electron chi connectivity index (χ1n) is 2.41. The third kappa shape index (κ3) is 1.39. The topological polar surface area (TPSA) is 18.5 Å². The molecule has 1 heterocycles. The zero-order valence-corrected chi connectivity index (χ0v) is 5.26. The van der Waals surface area contributed by atoms with Crippen molar-refractivity contribution in [2.45, 2.75) is 18.8 Å². The van der Waals surface area contributed by atoms with Gasteiger partial charge in [0.1, 0.15) is 0 Å². The number of rotatable bonds is 0. The van der Waals surface area contributed by atoms with E-state index in [0.717, 1.165) is 0 Å². The van der Waals surface area contributed by atoms with E-state index in [1.165, 1.54) is 0 Å². The molecule has 0 saturated heterocycles. The van der Waals surface area contributed by atoms with Crippen LogP contribution >= 0.6 is 11.6 Å². The molecule has 0 N–H and O–H groups in total. The molecule has 46 valence electrons. The highest BCUT2D eigenvalue weighted by atomic mass is 35.5. The lowest BCUT2D eigenvalue weighted by Crippen LogP contribution is -2.18. The van der Waals surface area contributed by atoms with Gasteiger partial charge >= 0.3 is 0 Å². The van der Waals surface area contributed by atoms with Crippen molar-refractivity contribution in [1.82, 2.24) is 0 Å². The molecule has 0 saturated carbocycles. The van der Waals surface area contributed by atoms with Crippen molar-refractivity contribution in [3.63, 3.8) is 0 Å². The maximum atomic E-state index is 5.52. The van der Waals surface area contributed by atoms with Crippen LogP contribution < -0.4 is 0 Å². The van der Waals surface area contributed by atoms with Gasteiger partial charge in [-0.1, -0.05) is 11.6 Å². The van der Waals surface area contributed by atoms with Crippen molar-refractivity contribution in [2.75, 3.05) is 0 Å². The Labute approximate surface area is 53.0 Å². The molecule has 8 heavy (non-hydrogen) atoms. The van der Waals surface area contributed by atoms with Crippen LogP contribution in [0.3, 0.4) is 0 Å². The van der Waals surface area contributed by atoms with Gasteiger partial charge in [-0.3, -0.25) is 0 Å². The van der Waals surface area contributed by atoms with Crippen molar-refractivity contribution in [1.29, 1.82) is 0 Å². The molecule has 0 aromatic rings. The minimum absolute atomic E-state index is 0.206. The quantitative estimate of drug-likeness (QED) is 0.467. The van der Waals surface area contributed by atoms with Crippen LogP contribution in [-0.2, 0) is 9.47 Å². The first kappa shape index (κ1) is 5.92. The molecule has 3 heteroatoms. The van der Waals surface area contributed by atoms with Crippen molar-refractivity contribution >= 4 is 11.6 Å². The second kappa shape index (κ2) is 2.37. The van der Waals surface area contributed by atoms with Crippen molar-refractivity contribution in [3.05, 3.63) is 12.3 Å². The fourth-order valence-electron chi connectivity index (χ4n) is 0.478. The second-order valence-electron chi connectivity index (χ2n) is 1.52. The second-order valence-corrected chi connectivity index (χ2v) is 1.95. The number of alkyl halides is 1. The van der Waals surface area contributed by atoms with Gasteiger partial charge in [-0.25, -0.2) is 0 Å². The minimum atomic E-state index is -0.321. The zero-order valence-electron chi connectivity index (χ0n) is 4.50. The van der Waals surface area contributed by atoms with Crippen LogP contribution in [0.1, 0.15) is 6.92 Å². The van der Waals surface area contributed by atoms with E-state index in [1.54, 1.807) is 19.3 Å². The van der Waals surface area contributed by atoms with E-state index in [4.69, 9.17) is 21.1 Å². The Morgan fingerprint density at radius 2 is 2.38 bits per heavy atom. The molecule has 1 aliphatic rings. The monoisotopic (exact) mass is 134 g/mol. The summed E-state index contributed by atoms with van der Waals surface area (Å²) in [5, 5.41) is 0. The highest BCUT2D eigenvalue weighted by Crippen LogP contribution is 2.10. The van der Waals surface area contributed by atoms with Gasteiger partial charge in [0.25, 0.3) is 0 Å². The van der Waals surface area contributed by atoms with Crippen LogP contribution in [0.4, 0.5) is 0 Å². The molecule has 2 atom stereocenters. The first-order valence-corrected chi connectivity index (χ1v) is 2.84. The lowest BCUT2D eigenvalue weighted by Gasteiger charge is -2.18. The van der Waals surface area contributed by atoms with Gasteiger partial charge < -0.3 is 9.47 Å². The molecule has 1 rings (SSSR count). The molecule has 0 spiro atoms. The van der Waals surface area contributed by atoms with Gasteiger partial charge in [-0.2, -0.15) is 0 Å². The number of hydrogen-bond acceptors (Lipinski definition) is 2. The highest BCUT2D eigenvalue weighted by molar-refractivity contribution is 6.20. The summed E-state index contributed by atoms with van der Waals surface area (Å²) >= 11 is 5.52. The molecule has 0 aromatic heterocycles. The van der Waals surface area contributed by atoms with E-state index in [1.807, 2.05) is 0 Å². The molecule has 2 nitrogen and oxygen atoms in total. The van der Waals surface area contributed by atoms with Gasteiger partial charge in [0.05, 0.1) is 6.26 Å². The third-order valence-corrected chi connectivity index (χ3v) is 1.07. The number of halogens is 1. The van der Waals surface area contributed by atoms with Crippen LogP contribution in [0.5, 0.6) is 0 Å². The van der Waals surface area contributed by atoms with Crippen LogP contribution in [-0.4, -0.2) is 11.9 Å². The lowest BCUT2D eigenvalue weighted by atomic mass is 10.6. The van der Waals surface area contributed by atoms with Crippen molar-refractivity contribution < 1.29 is 9.47 Å². The van der Waals surface area contributed by atoms with Crippen LogP contribution in [0.25, 0.3) is 0 Å². The molecule has 0 fully saturated rings. The minimum Gasteiger partial charge on any atom is -0.473 e. The largest absolute Gasteiger partial charge is 0.473 e. The first-order chi connectivity index (χ1) is 3.79. The van der Waals surface area contributed by atoms with E-state index in [0.29, 0.717) is 0 Å². The van der Waals surface area contributed by atoms with Gasteiger partial charge in [-0.15, -0.1) is 0 Å². The summed E-state index contributed by atoms with van der Waals surface area (Å²) in [4.78, 5) is 0. The maximum Gasteiger partial charge on any atom is 0.198 e. The number of hydrogen-bond donors (Lipinski definition) is 0. The molecular formula is C5H7ClO2. The summed E-state index contributed by atoms with van der Waals surface area (Å²) < 4.78 is 9.80. The molecule has 0 bridgehead atoms. The zero-order chi connectivity index (χ0) is 5.98. The molecule has 0 radical (unpaired) electrons. The summed E-state index contributed by atoms with van der Waals surface area (Å²) in [5.74, 6) is 0. The smallest absolute Gasteiger partial charge is 0.198 e. The third-order valence-electron chi connectivity index (χ3n) is 0.822. The van der Waals surface area contributed by atoms with Gasteiger partial charge in [0.15, 0.2) is 11.9 Å². The Hall–Kier alpha value is -0.210. The fraction of sp³-hybridized carbons (Fsp3) is 0.600. The van der Waals surface area contributed by atoms with Crippen LogP contribution in [0, 0.1) is 0 Å². The maximum absolute atomic E-state index is 5.52. The van der Waals surface area contributed by atoms with Gasteiger partial charge in [0, 0.05) is 0 Å². The fourth-order valence-corrected chi connectivity index (χ4v) is 0.683. The number of ether oxygens (including phenoxy) is 2. The van der Waals surface area contributed by atoms with Gasteiger partial charge in [-0.05, 0) is 13.0 Å². The Kier molecular flexibility index (Phi) is 1.76. The summed E-state index contributed by atoms with van der Waals surface area (Å²) in [6.45, 7) is 1.79. The highest BCUT2D eigenvalue weighted by Gasteiger charge is 2.10. The summed E-state index contributed by atoms with van der Waals surface area (Å²) in [5.41, 5.74) is -0.321. The van der Waals surface area contributed by atoms with Crippen molar-refractivity contribution in [3.8, 4) is 0 Å². The molecule has 0 amide bonds. The molecule has 1 aliphatic heterocycles. The lowest BCUT2D eigenvalue weighted by molar-refractivity contribution is -0.109. The van der Waals surface area contributed by atoms with Crippen LogP contribution in [0.2, 0.25) is 0 Å². The molecule has 2 unspecified atom stereocenters.